The summed E-state index contributed by atoms with van der Waals surface area (Å²) in [6, 6.07) is 7.89. The van der Waals surface area contributed by atoms with Gasteiger partial charge >= 0.3 is 0 Å². The van der Waals surface area contributed by atoms with E-state index >= 15 is 0 Å². The van der Waals surface area contributed by atoms with Gasteiger partial charge in [0.2, 0.25) is 10.0 Å². The Labute approximate surface area is 156 Å². The average Bonchev–Trinajstić information content (AvgIpc) is 2.94. The van der Waals surface area contributed by atoms with Gasteiger partial charge in [0.25, 0.3) is 10.0 Å². The first-order valence-electron chi connectivity index (χ1n) is 7.03. The van der Waals surface area contributed by atoms with Crippen molar-refractivity contribution in [1.82, 2.24) is 4.72 Å². The van der Waals surface area contributed by atoms with Crippen LogP contribution < -0.4 is 9.44 Å². The van der Waals surface area contributed by atoms with Gasteiger partial charge in [-0.2, -0.15) is 0 Å². The van der Waals surface area contributed by atoms with Crippen LogP contribution in [0.1, 0.15) is 6.92 Å². The van der Waals surface area contributed by atoms with Gasteiger partial charge in [0.05, 0.1) is 15.8 Å². The predicted octanol–water partition coefficient (Wildman–Crippen LogP) is 2.52. The number of anilines is 1. The van der Waals surface area contributed by atoms with Crippen molar-refractivity contribution < 1.29 is 21.6 Å². The second-order valence-corrected chi connectivity index (χ2v) is 10.5. The number of ether oxygens (including phenoxy) is 1. The van der Waals surface area contributed by atoms with Crippen LogP contribution >= 0.6 is 22.9 Å². The maximum Gasteiger partial charge on any atom is 0.271 e. The Bertz CT molecular complexity index is 924. The van der Waals surface area contributed by atoms with Gasteiger partial charge in [-0.1, -0.05) is 11.6 Å². The van der Waals surface area contributed by atoms with Gasteiger partial charge in [0.1, 0.15) is 4.21 Å². The first-order chi connectivity index (χ1) is 11.6. The fourth-order valence-electron chi connectivity index (χ4n) is 1.97. The minimum Gasteiger partial charge on any atom is -0.383 e. The zero-order valence-corrected chi connectivity index (χ0v) is 16.6. The van der Waals surface area contributed by atoms with Crippen LogP contribution in [-0.2, 0) is 24.8 Å². The third-order valence-corrected chi connectivity index (χ3v) is 7.71. The molecule has 11 heteroatoms. The van der Waals surface area contributed by atoms with E-state index < -0.39 is 26.1 Å². The fourth-order valence-corrected chi connectivity index (χ4v) is 5.74. The van der Waals surface area contributed by atoms with E-state index in [1.54, 1.807) is 6.92 Å². The molecule has 0 amide bonds. The standard InChI is InChI=1S/C14H17ClN2O5S3/c1-10(9-22-2)16-24(18,19)12-5-3-11(4-6-12)17-25(20,21)14-8-7-13(15)23-14/h3-8,10,16-17H,9H2,1-2H3. The van der Waals surface area contributed by atoms with Gasteiger partial charge in [-0.25, -0.2) is 21.6 Å². The van der Waals surface area contributed by atoms with Gasteiger partial charge in [-0.05, 0) is 43.3 Å². The van der Waals surface area contributed by atoms with Crippen molar-refractivity contribution in [3.8, 4) is 0 Å². The molecule has 0 aliphatic heterocycles. The monoisotopic (exact) mass is 424 g/mol. The average molecular weight is 425 g/mol. The molecule has 0 aliphatic rings. The third kappa shape index (κ3) is 5.40. The predicted molar refractivity (Wildman–Crippen MR) is 98.2 cm³/mol. The number of nitrogens with one attached hydrogen (secondary N) is 2. The normalized spacial score (nSPS) is 13.6. The summed E-state index contributed by atoms with van der Waals surface area (Å²) in [6.07, 6.45) is 0. The van der Waals surface area contributed by atoms with E-state index in [-0.39, 0.29) is 21.4 Å². The van der Waals surface area contributed by atoms with Crippen LogP contribution in [0.4, 0.5) is 5.69 Å². The van der Waals surface area contributed by atoms with Crippen molar-refractivity contribution in [2.45, 2.75) is 22.1 Å². The highest BCUT2D eigenvalue weighted by Crippen LogP contribution is 2.27. The number of halogens is 1. The highest BCUT2D eigenvalue weighted by molar-refractivity contribution is 7.94. The van der Waals surface area contributed by atoms with E-state index in [9.17, 15) is 16.8 Å². The second-order valence-electron chi connectivity index (χ2n) is 5.17. The molecule has 1 unspecified atom stereocenters. The van der Waals surface area contributed by atoms with Crippen molar-refractivity contribution in [2.75, 3.05) is 18.4 Å². The molecule has 0 aliphatic carbocycles. The smallest absolute Gasteiger partial charge is 0.271 e. The molecule has 1 aromatic carbocycles. The van der Waals surface area contributed by atoms with E-state index in [2.05, 4.69) is 9.44 Å². The molecule has 2 N–H and O–H groups in total. The van der Waals surface area contributed by atoms with Crippen LogP contribution in [0, 0.1) is 0 Å². The molecule has 0 spiro atoms. The summed E-state index contributed by atoms with van der Waals surface area (Å²) >= 11 is 6.68. The Morgan fingerprint density at radius 3 is 2.24 bits per heavy atom. The van der Waals surface area contributed by atoms with E-state index in [1.807, 2.05) is 0 Å². The summed E-state index contributed by atoms with van der Waals surface area (Å²) in [5.41, 5.74) is 0.244. The molecule has 0 saturated heterocycles. The lowest BCUT2D eigenvalue weighted by atomic mass is 10.3. The van der Waals surface area contributed by atoms with Gasteiger partial charge in [-0.3, -0.25) is 4.72 Å². The van der Waals surface area contributed by atoms with Crippen molar-refractivity contribution in [1.29, 1.82) is 0 Å². The summed E-state index contributed by atoms with van der Waals surface area (Å²) in [5.74, 6) is 0. The molecule has 2 aromatic rings. The molecular formula is C14H17ClN2O5S3. The van der Waals surface area contributed by atoms with Crippen LogP contribution in [0.2, 0.25) is 4.34 Å². The second kappa shape index (κ2) is 8.02. The molecule has 1 aromatic heterocycles. The molecule has 2 rings (SSSR count). The highest BCUT2D eigenvalue weighted by atomic mass is 35.5. The zero-order chi connectivity index (χ0) is 18.7. The number of sulfonamides is 2. The van der Waals surface area contributed by atoms with Crippen LogP contribution in [0.5, 0.6) is 0 Å². The maximum absolute atomic E-state index is 12.2. The van der Waals surface area contributed by atoms with Crippen molar-refractivity contribution in [3.05, 3.63) is 40.7 Å². The summed E-state index contributed by atoms with van der Waals surface area (Å²) in [4.78, 5) is 0.0255. The molecule has 1 atom stereocenters. The lowest BCUT2D eigenvalue weighted by Crippen LogP contribution is -2.35. The molecule has 138 valence electrons. The summed E-state index contributed by atoms with van der Waals surface area (Å²) < 4.78 is 59.0. The Morgan fingerprint density at radius 2 is 1.72 bits per heavy atom. The minimum atomic E-state index is -3.76. The fraction of sp³-hybridized carbons (Fsp3) is 0.286. The van der Waals surface area contributed by atoms with Gasteiger partial charge in [-0.15, -0.1) is 11.3 Å². The van der Waals surface area contributed by atoms with Crippen LogP contribution in [0.3, 0.4) is 0 Å². The third-order valence-electron chi connectivity index (χ3n) is 3.00. The highest BCUT2D eigenvalue weighted by Gasteiger charge is 2.19. The van der Waals surface area contributed by atoms with Crippen molar-refractivity contribution in [3.63, 3.8) is 0 Å². The number of rotatable bonds is 8. The Balaban J connectivity index is 2.14. The first-order valence-corrected chi connectivity index (χ1v) is 11.2. The molecule has 1 heterocycles. The number of hydrogen-bond acceptors (Lipinski definition) is 6. The number of thiophene rings is 1. The SMILES string of the molecule is COCC(C)NS(=O)(=O)c1ccc(NS(=O)(=O)c2ccc(Cl)s2)cc1. The van der Waals surface area contributed by atoms with Crippen molar-refractivity contribution >= 4 is 48.7 Å². The van der Waals surface area contributed by atoms with Crippen molar-refractivity contribution in [2.24, 2.45) is 0 Å². The Hall–Kier alpha value is -1.17. The van der Waals surface area contributed by atoms with E-state index in [0.29, 0.717) is 4.34 Å². The lowest BCUT2D eigenvalue weighted by molar-refractivity contribution is 0.180. The minimum absolute atomic E-state index is 0.0255. The molecule has 0 saturated carbocycles. The van der Waals surface area contributed by atoms with E-state index in [1.165, 1.54) is 43.5 Å². The number of methoxy groups -OCH3 is 1. The number of hydrogen-bond donors (Lipinski definition) is 2. The Kier molecular flexibility index (Phi) is 6.46. The van der Waals surface area contributed by atoms with Gasteiger partial charge in [0, 0.05) is 18.8 Å². The van der Waals surface area contributed by atoms with Gasteiger partial charge < -0.3 is 4.74 Å². The van der Waals surface area contributed by atoms with Gasteiger partial charge in [0.15, 0.2) is 0 Å². The van der Waals surface area contributed by atoms with Crippen LogP contribution in [0.25, 0.3) is 0 Å². The molecule has 0 radical (unpaired) electrons. The van der Waals surface area contributed by atoms with Crippen LogP contribution in [-0.4, -0.2) is 36.6 Å². The summed E-state index contributed by atoms with van der Waals surface area (Å²) in [6.45, 7) is 1.91. The quantitative estimate of drug-likeness (QED) is 0.677. The number of benzene rings is 1. The molecule has 25 heavy (non-hydrogen) atoms. The molecule has 0 fully saturated rings. The lowest BCUT2D eigenvalue weighted by Gasteiger charge is -2.13. The largest absolute Gasteiger partial charge is 0.383 e. The maximum atomic E-state index is 12.2. The molecule has 0 bridgehead atoms. The first kappa shape index (κ1) is 20.1. The molecular weight excluding hydrogens is 408 g/mol. The molecule has 7 nitrogen and oxygen atoms in total. The zero-order valence-electron chi connectivity index (χ0n) is 13.4. The van der Waals surface area contributed by atoms with E-state index in [4.69, 9.17) is 16.3 Å². The summed E-state index contributed by atoms with van der Waals surface area (Å²) in [7, 11) is -6.00. The van der Waals surface area contributed by atoms with Crippen LogP contribution in [0.15, 0.2) is 45.5 Å². The summed E-state index contributed by atoms with van der Waals surface area (Å²) in [5, 5.41) is 0. The van der Waals surface area contributed by atoms with E-state index in [0.717, 1.165) is 11.3 Å². The Morgan fingerprint density at radius 1 is 1.08 bits per heavy atom. The topological polar surface area (TPSA) is 102 Å².